The monoisotopic (exact) mass is 452 g/mol. The van der Waals surface area contributed by atoms with Crippen molar-refractivity contribution in [2.24, 2.45) is 0 Å². The minimum absolute atomic E-state index is 0.00642. The number of hydrogen-bond acceptors (Lipinski definition) is 5. The van der Waals surface area contributed by atoms with E-state index in [9.17, 15) is 18.0 Å². The Balaban J connectivity index is 2.00. The number of hydrogen-bond donors (Lipinski definition) is 1. The molecule has 0 amide bonds. The van der Waals surface area contributed by atoms with Crippen LogP contribution in [-0.4, -0.2) is 41.9 Å². The van der Waals surface area contributed by atoms with Crippen LogP contribution in [0.5, 0.6) is 0 Å². The van der Waals surface area contributed by atoms with Gasteiger partial charge < -0.3 is 19.5 Å². The molecule has 1 saturated carbocycles. The maximum atomic E-state index is 14.1. The first-order chi connectivity index (χ1) is 15.3. The number of morpholine rings is 1. The van der Waals surface area contributed by atoms with Crippen molar-refractivity contribution in [2.75, 3.05) is 36.5 Å². The zero-order chi connectivity index (χ0) is 22.9. The fourth-order valence-electron chi connectivity index (χ4n) is 4.67. The van der Waals surface area contributed by atoms with Crippen LogP contribution in [0.4, 0.5) is 24.8 Å². The molecule has 6 nitrogen and oxygen atoms in total. The number of alkyl halides is 3. The van der Waals surface area contributed by atoms with Gasteiger partial charge in [-0.3, -0.25) is 4.79 Å². The Morgan fingerprint density at radius 2 is 1.88 bits per heavy atom. The molecule has 0 bridgehead atoms. The zero-order valence-corrected chi connectivity index (χ0v) is 18.7. The molecule has 1 aliphatic heterocycles. The van der Waals surface area contributed by atoms with E-state index in [1.807, 2.05) is 23.3 Å². The summed E-state index contributed by atoms with van der Waals surface area (Å²) in [7, 11) is 0. The summed E-state index contributed by atoms with van der Waals surface area (Å²) in [6.45, 7) is 5.83. The number of fused-ring (bicyclic) bond motifs is 1. The van der Waals surface area contributed by atoms with E-state index >= 15 is 0 Å². The Kier molecular flexibility index (Phi) is 6.65. The molecule has 0 radical (unpaired) electrons. The minimum Gasteiger partial charge on any atom is -0.378 e. The third kappa shape index (κ3) is 4.58. The zero-order valence-electron chi connectivity index (χ0n) is 18.7. The Labute approximate surface area is 185 Å². The molecule has 1 N–H and O–H groups in total. The Bertz CT molecular complexity index is 1010. The number of halogens is 3. The third-order valence-corrected chi connectivity index (χ3v) is 6.58. The molecule has 1 unspecified atom stereocenters. The molecule has 2 aromatic rings. The van der Waals surface area contributed by atoms with Gasteiger partial charge in [0.25, 0.3) is 0 Å². The van der Waals surface area contributed by atoms with Crippen molar-refractivity contribution in [1.29, 1.82) is 0 Å². The summed E-state index contributed by atoms with van der Waals surface area (Å²) < 4.78 is 49.7. The average Bonchev–Trinajstić information content (AvgIpc) is 2.79. The summed E-state index contributed by atoms with van der Waals surface area (Å²) in [4.78, 5) is 19.5. The van der Waals surface area contributed by atoms with E-state index in [1.165, 1.54) is 6.07 Å². The van der Waals surface area contributed by atoms with Crippen molar-refractivity contribution in [1.82, 2.24) is 9.55 Å². The Hall–Kier alpha value is -2.29. The van der Waals surface area contributed by atoms with Gasteiger partial charge in [0.15, 0.2) is 5.43 Å². The molecule has 176 valence electrons. The number of nitrogens with one attached hydrogen (secondary N) is 1. The number of pyridine rings is 2. The topological polar surface area (TPSA) is 59.4 Å². The maximum absolute atomic E-state index is 14.1. The van der Waals surface area contributed by atoms with Crippen LogP contribution in [0.3, 0.4) is 0 Å². The van der Waals surface area contributed by atoms with E-state index in [2.05, 4.69) is 5.32 Å². The molecule has 1 aliphatic carbocycles. The first-order valence-electron chi connectivity index (χ1n) is 11.6. The smallest absolute Gasteiger partial charge is 0.378 e. The summed E-state index contributed by atoms with van der Waals surface area (Å²) in [5.74, 6) is 0.807. The van der Waals surface area contributed by atoms with Crippen molar-refractivity contribution < 1.29 is 17.9 Å². The van der Waals surface area contributed by atoms with Crippen molar-refractivity contribution >= 4 is 22.7 Å². The lowest BCUT2D eigenvalue weighted by molar-refractivity contribution is -0.136. The van der Waals surface area contributed by atoms with Crippen LogP contribution >= 0.6 is 0 Å². The molecule has 1 atom stereocenters. The summed E-state index contributed by atoms with van der Waals surface area (Å²) in [5.41, 5.74) is -1.42. The highest BCUT2D eigenvalue weighted by Crippen LogP contribution is 2.39. The predicted octanol–water partition coefficient (Wildman–Crippen LogP) is 4.97. The van der Waals surface area contributed by atoms with Crippen LogP contribution in [0.15, 0.2) is 16.9 Å². The molecule has 1 saturated heterocycles. The van der Waals surface area contributed by atoms with Crippen molar-refractivity contribution in [3.8, 4) is 0 Å². The summed E-state index contributed by atoms with van der Waals surface area (Å²) >= 11 is 0. The first kappa shape index (κ1) is 22.9. The van der Waals surface area contributed by atoms with Gasteiger partial charge in [0.1, 0.15) is 17.3 Å². The van der Waals surface area contributed by atoms with E-state index < -0.39 is 17.2 Å². The van der Waals surface area contributed by atoms with Crippen LogP contribution in [0, 0.1) is 0 Å². The molecule has 3 heterocycles. The Morgan fingerprint density at radius 3 is 2.50 bits per heavy atom. The summed E-state index contributed by atoms with van der Waals surface area (Å²) in [6, 6.07) is 2.44. The highest BCUT2D eigenvalue weighted by molar-refractivity contribution is 5.84. The molecule has 2 aliphatic rings. The number of aromatic nitrogens is 2. The van der Waals surface area contributed by atoms with Crippen LogP contribution in [0.2, 0.25) is 0 Å². The quantitative estimate of drug-likeness (QED) is 0.694. The highest BCUT2D eigenvalue weighted by Gasteiger charge is 2.37. The fraction of sp³-hybridized carbons (Fsp3) is 0.652. The van der Waals surface area contributed by atoms with Crippen LogP contribution < -0.4 is 15.6 Å². The van der Waals surface area contributed by atoms with Gasteiger partial charge in [-0.25, -0.2) is 4.98 Å². The first-order valence-corrected chi connectivity index (χ1v) is 11.6. The summed E-state index contributed by atoms with van der Waals surface area (Å²) in [6.07, 6.45) is 1.02. The van der Waals surface area contributed by atoms with Crippen molar-refractivity contribution in [2.45, 2.75) is 70.6 Å². The number of anilines is 2. The molecular formula is C23H31F3N4O2. The molecule has 32 heavy (non-hydrogen) atoms. The van der Waals surface area contributed by atoms with Gasteiger partial charge in [-0.05, 0) is 32.3 Å². The van der Waals surface area contributed by atoms with Crippen LogP contribution in [-0.2, 0) is 10.9 Å². The molecule has 2 aromatic heterocycles. The van der Waals surface area contributed by atoms with Crippen LogP contribution in [0.1, 0.15) is 64.0 Å². The lowest BCUT2D eigenvalue weighted by Gasteiger charge is -2.32. The van der Waals surface area contributed by atoms with Crippen molar-refractivity contribution in [3.63, 3.8) is 0 Å². The molecule has 9 heteroatoms. The minimum atomic E-state index is -4.66. The normalized spacial score (nSPS) is 19.3. The third-order valence-electron chi connectivity index (χ3n) is 6.58. The summed E-state index contributed by atoms with van der Waals surface area (Å²) in [5, 5.41) is 3.02. The predicted molar refractivity (Wildman–Crippen MR) is 120 cm³/mol. The molecule has 0 spiro atoms. The standard InChI is InChI=1S/C23H31F3N4O2/c1-3-15(2)27-20-14-18(31)21-17(23(24,25)26)13-19(29-9-11-32-12-10-29)28-22(21)30(20)16-7-5-4-6-8-16/h13-16,27H,3-12H2,1-2H3. The molecule has 0 aromatic carbocycles. The second kappa shape index (κ2) is 9.29. The number of nitrogens with zero attached hydrogens (tertiary/aromatic N) is 3. The lowest BCUT2D eigenvalue weighted by Crippen LogP contribution is -2.37. The molecule has 2 fully saturated rings. The van der Waals surface area contributed by atoms with Gasteiger partial charge in [0.05, 0.1) is 24.2 Å². The SMILES string of the molecule is CCC(C)Nc1cc(=O)c2c(C(F)(F)F)cc(N3CCOCC3)nc2n1C1CCCCC1. The maximum Gasteiger partial charge on any atom is 0.417 e. The van der Waals surface area contributed by atoms with Gasteiger partial charge in [0, 0.05) is 31.2 Å². The van der Waals surface area contributed by atoms with Gasteiger partial charge in [-0.15, -0.1) is 0 Å². The van der Waals surface area contributed by atoms with E-state index in [4.69, 9.17) is 9.72 Å². The van der Waals surface area contributed by atoms with Crippen molar-refractivity contribution in [3.05, 3.63) is 27.9 Å². The van der Waals surface area contributed by atoms with Gasteiger partial charge in [-0.1, -0.05) is 26.2 Å². The van der Waals surface area contributed by atoms with E-state index in [0.717, 1.165) is 44.6 Å². The lowest BCUT2D eigenvalue weighted by atomic mass is 9.94. The number of ether oxygens (including phenoxy) is 1. The van der Waals surface area contributed by atoms with E-state index in [-0.39, 0.29) is 28.9 Å². The van der Waals surface area contributed by atoms with Gasteiger partial charge in [-0.2, -0.15) is 13.2 Å². The largest absolute Gasteiger partial charge is 0.417 e. The second-order valence-electron chi connectivity index (χ2n) is 8.83. The molecule has 4 rings (SSSR count). The molecular weight excluding hydrogens is 421 g/mol. The van der Waals surface area contributed by atoms with E-state index in [0.29, 0.717) is 32.1 Å². The average molecular weight is 453 g/mol. The second-order valence-corrected chi connectivity index (χ2v) is 8.83. The van der Waals surface area contributed by atoms with Crippen LogP contribution in [0.25, 0.3) is 11.0 Å². The van der Waals surface area contributed by atoms with Gasteiger partial charge >= 0.3 is 6.18 Å². The Morgan fingerprint density at radius 1 is 1.19 bits per heavy atom. The van der Waals surface area contributed by atoms with Gasteiger partial charge in [0.2, 0.25) is 0 Å². The van der Waals surface area contributed by atoms with E-state index in [1.54, 1.807) is 0 Å². The fourth-order valence-corrected chi connectivity index (χ4v) is 4.67. The number of rotatable bonds is 5. The highest BCUT2D eigenvalue weighted by atomic mass is 19.4.